The summed E-state index contributed by atoms with van der Waals surface area (Å²) in [6.07, 6.45) is 3.87. The zero-order valence-corrected chi connectivity index (χ0v) is 27.5. The summed E-state index contributed by atoms with van der Waals surface area (Å²) >= 11 is 0. The van der Waals surface area contributed by atoms with Crippen molar-refractivity contribution in [1.82, 2.24) is 0 Å². The van der Waals surface area contributed by atoms with E-state index in [1.54, 1.807) is 30.3 Å². The first-order valence-electron chi connectivity index (χ1n) is 12.6. The Hall–Kier alpha value is -0.642. The minimum atomic E-state index is -2.29. The molecular formula is C24H50O7Si4. The van der Waals surface area contributed by atoms with Crippen LogP contribution < -0.4 is 0 Å². The number of hydrogen-bond acceptors (Lipinski definition) is 6. The summed E-state index contributed by atoms with van der Waals surface area (Å²) in [7, 11) is -7.83. The molecule has 0 fully saturated rings. The third-order valence-corrected chi connectivity index (χ3v) is 18.0. The van der Waals surface area contributed by atoms with Gasteiger partial charge in [0.2, 0.25) is 0 Å². The van der Waals surface area contributed by atoms with Gasteiger partial charge in [-0.05, 0) is 103 Å². The van der Waals surface area contributed by atoms with Crippen LogP contribution in [0.2, 0.25) is 65.0 Å². The lowest BCUT2D eigenvalue weighted by Crippen LogP contribution is -2.56. The minimum absolute atomic E-state index is 0.272. The van der Waals surface area contributed by atoms with Crippen molar-refractivity contribution in [2.45, 2.75) is 90.7 Å². The molecule has 1 rings (SSSR count). The van der Waals surface area contributed by atoms with E-state index >= 15 is 0 Å². The van der Waals surface area contributed by atoms with Crippen LogP contribution in [-0.4, -0.2) is 69.8 Å². The summed E-state index contributed by atoms with van der Waals surface area (Å²) in [6, 6.07) is 9.24. The molecule has 11 heteroatoms. The topological polar surface area (TPSA) is 94.5 Å². The second-order valence-electron chi connectivity index (χ2n) is 11.2. The number of aromatic carboxylic acids is 1. The zero-order valence-electron chi connectivity index (χ0n) is 23.5. The maximum atomic E-state index is 10.2. The maximum absolute atomic E-state index is 10.2. The van der Waals surface area contributed by atoms with Crippen molar-refractivity contribution in [2.75, 3.05) is 19.8 Å². The highest BCUT2D eigenvalue weighted by molar-refractivity contribution is 6.89. The molecular weight excluding hydrogens is 513 g/mol. The first kappa shape index (κ1) is 34.4. The highest BCUT2D eigenvalue weighted by Gasteiger charge is 2.44. The molecule has 0 amide bonds. The number of unbranched alkanes of at least 4 members (excludes halogenated alkanes) is 2. The Bertz CT molecular complexity index is 706. The molecule has 7 nitrogen and oxygen atoms in total. The Morgan fingerprint density at radius 3 is 1.74 bits per heavy atom. The van der Waals surface area contributed by atoms with Crippen LogP contribution in [0.5, 0.6) is 0 Å². The van der Waals surface area contributed by atoms with Crippen molar-refractivity contribution in [3.63, 3.8) is 0 Å². The molecule has 0 heterocycles. The summed E-state index contributed by atoms with van der Waals surface area (Å²) in [5.74, 6) is -0.879. The lowest BCUT2D eigenvalue weighted by molar-refractivity contribution is 0.0696. The third kappa shape index (κ3) is 20.1. The zero-order chi connectivity index (χ0) is 27.2. The number of carboxylic acid groups (broad SMARTS) is 1. The maximum Gasteiger partial charge on any atom is 0.335 e. The van der Waals surface area contributed by atoms with Crippen LogP contribution in [-0.2, 0) is 17.1 Å². The monoisotopic (exact) mass is 562 g/mol. The van der Waals surface area contributed by atoms with Crippen molar-refractivity contribution < 1.29 is 32.1 Å². The predicted molar refractivity (Wildman–Crippen MR) is 154 cm³/mol. The number of carboxylic acids is 1. The second kappa shape index (κ2) is 16.3. The molecule has 0 aliphatic carbocycles. The lowest BCUT2D eigenvalue weighted by Gasteiger charge is -2.41. The summed E-state index contributed by atoms with van der Waals surface area (Å²) < 4.78 is 25.4. The molecule has 1 unspecified atom stereocenters. The van der Waals surface area contributed by atoms with Gasteiger partial charge in [0.05, 0.1) is 5.56 Å². The van der Waals surface area contributed by atoms with Crippen LogP contribution in [0.15, 0.2) is 30.3 Å². The third-order valence-electron chi connectivity index (χ3n) is 4.42. The van der Waals surface area contributed by atoms with Crippen LogP contribution in [0.25, 0.3) is 0 Å². The van der Waals surface area contributed by atoms with Crippen LogP contribution in [0, 0.1) is 0 Å². The predicted octanol–water partition coefficient (Wildman–Crippen LogP) is 6.43. The van der Waals surface area contributed by atoms with E-state index < -0.39 is 39.7 Å². The van der Waals surface area contributed by atoms with E-state index in [9.17, 15) is 4.79 Å². The van der Waals surface area contributed by atoms with Gasteiger partial charge in [-0.25, -0.2) is 4.79 Å². The van der Waals surface area contributed by atoms with E-state index in [1.807, 2.05) is 0 Å². The highest BCUT2D eigenvalue weighted by Crippen LogP contribution is 2.27. The van der Waals surface area contributed by atoms with E-state index in [0.29, 0.717) is 5.56 Å². The SMILES string of the molecule is C[Si](C)(C)O[Si](C)(C)O[Si](C)(CCCOCCCCCO)O[Si](C)(C)C.O=C(O)c1ccccc1. The number of rotatable bonds is 16. The fourth-order valence-corrected chi connectivity index (χ4v) is 21.6. The molecule has 0 aliphatic rings. The smallest absolute Gasteiger partial charge is 0.335 e. The average molecular weight is 563 g/mol. The summed E-state index contributed by atoms with van der Waals surface area (Å²) in [5.41, 5.74) is 0.331. The number of carbonyl (C=O) groups is 1. The molecule has 0 aromatic heterocycles. The van der Waals surface area contributed by atoms with E-state index in [0.717, 1.165) is 44.9 Å². The van der Waals surface area contributed by atoms with Crippen LogP contribution in [0.4, 0.5) is 0 Å². The van der Waals surface area contributed by atoms with Gasteiger partial charge in [0, 0.05) is 19.8 Å². The molecule has 35 heavy (non-hydrogen) atoms. The van der Waals surface area contributed by atoms with Gasteiger partial charge in [-0.2, -0.15) is 0 Å². The fraction of sp³-hybridized carbons (Fsp3) is 0.708. The van der Waals surface area contributed by atoms with Gasteiger partial charge in [-0.3, -0.25) is 0 Å². The molecule has 0 saturated carbocycles. The Labute approximate surface area is 217 Å². The average Bonchev–Trinajstić information content (AvgIpc) is 2.67. The van der Waals surface area contributed by atoms with Crippen molar-refractivity contribution in [2.24, 2.45) is 0 Å². The summed E-state index contributed by atoms with van der Waals surface area (Å²) in [4.78, 5) is 10.2. The van der Waals surface area contributed by atoms with Gasteiger partial charge in [-0.1, -0.05) is 18.2 Å². The van der Waals surface area contributed by atoms with Crippen LogP contribution in [0.1, 0.15) is 36.0 Å². The van der Waals surface area contributed by atoms with Crippen molar-refractivity contribution in [3.8, 4) is 0 Å². The Kier molecular flexibility index (Phi) is 16.0. The molecule has 204 valence electrons. The standard InChI is InChI=1S/C17H44O5Si4.C7H6O2/c1-23(2,3)20-25(7,8)22-26(9,21-24(4,5)6)17-13-16-19-15-12-10-11-14-18;8-7(9)6-4-2-1-3-5-6/h18H,10-17H2,1-9H3;1-5H,(H,8,9). The molecule has 1 aromatic carbocycles. The number of benzene rings is 1. The molecule has 0 saturated heterocycles. The van der Waals surface area contributed by atoms with Crippen LogP contribution >= 0.6 is 0 Å². The van der Waals surface area contributed by atoms with Gasteiger partial charge in [0.1, 0.15) is 0 Å². The van der Waals surface area contributed by atoms with Gasteiger partial charge >= 0.3 is 23.1 Å². The molecule has 0 aliphatic heterocycles. The normalized spacial score (nSPS) is 14.1. The fourth-order valence-electron chi connectivity index (χ4n) is 3.72. The molecule has 2 N–H and O–H groups in total. The van der Waals surface area contributed by atoms with Crippen molar-refractivity contribution in [3.05, 3.63) is 35.9 Å². The molecule has 0 spiro atoms. The van der Waals surface area contributed by atoms with Crippen molar-refractivity contribution in [1.29, 1.82) is 0 Å². The van der Waals surface area contributed by atoms with Gasteiger partial charge in [0.25, 0.3) is 0 Å². The summed E-state index contributed by atoms with van der Waals surface area (Å²) in [6.45, 7) is 21.6. The number of aliphatic hydroxyl groups is 1. The number of hydrogen-bond donors (Lipinski definition) is 2. The molecule has 0 bridgehead atoms. The van der Waals surface area contributed by atoms with E-state index in [1.165, 1.54) is 0 Å². The first-order valence-corrected chi connectivity index (χ1v) is 24.7. The second-order valence-corrected chi connectivity index (χ2v) is 27.7. The van der Waals surface area contributed by atoms with Crippen molar-refractivity contribution >= 4 is 39.7 Å². The lowest BCUT2D eigenvalue weighted by atomic mass is 10.2. The van der Waals surface area contributed by atoms with Gasteiger partial charge in [-0.15, -0.1) is 0 Å². The van der Waals surface area contributed by atoms with E-state index in [2.05, 4.69) is 58.9 Å². The van der Waals surface area contributed by atoms with Gasteiger partial charge < -0.3 is 27.3 Å². The van der Waals surface area contributed by atoms with Gasteiger partial charge in [0.15, 0.2) is 16.6 Å². The molecule has 1 atom stereocenters. The molecule has 1 aromatic rings. The largest absolute Gasteiger partial charge is 0.478 e. The Morgan fingerprint density at radius 1 is 0.743 bits per heavy atom. The van der Waals surface area contributed by atoms with E-state index in [4.69, 9.17) is 27.3 Å². The van der Waals surface area contributed by atoms with Crippen LogP contribution in [0.3, 0.4) is 0 Å². The summed E-state index contributed by atoms with van der Waals surface area (Å²) in [5, 5.41) is 17.2. The quantitative estimate of drug-likeness (QED) is 0.177. The highest BCUT2D eigenvalue weighted by atomic mass is 28.5. The molecule has 0 radical (unpaired) electrons. The Morgan fingerprint density at radius 2 is 1.29 bits per heavy atom. The van der Waals surface area contributed by atoms with E-state index in [-0.39, 0.29) is 6.61 Å². The number of ether oxygens (including phenoxy) is 1. The number of aliphatic hydroxyl groups excluding tert-OH is 1. The first-order chi connectivity index (χ1) is 16.0. The minimum Gasteiger partial charge on any atom is -0.478 e. The Balaban J connectivity index is 0.00000106.